The van der Waals surface area contributed by atoms with Crippen LogP contribution in [0.1, 0.15) is 0 Å². The van der Waals surface area contributed by atoms with Gasteiger partial charge in [0.15, 0.2) is 0 Å². The normalized spacial score (nSPS) is 9.11. The van der Waals surface area contributed by atoms with Gasteiger partial charge in [0.1, 0.15) is 0 Å². The van der Waals surface area contributed by atoms with Gasteiger partial charge in [0.2, 0.25) is 0 Å². The zero-order valence-corrected chi connectivity index (χ0v) is 10.7. The second kappa shape index (κ2) is 7.29. The number of hydrogen-bond acceptors (Lipinski definition) is 3. The molecule has 0 aliphatic rings. The Bertz CT molecular complexity index is 520. The molecule has 0 saturated carbocycles. The van der Waals surface area contributed by atoms with Gasteiger partial charge in [-0.2, -0.15) is 0 Å². The van der Waals surface area contributed by atoms with Crippen molar-refractivity contribution in [2.75, 3.05) is 0 Å². The second-order valence-corrected chi connectivity index (χ2v) is 4.06. The monoisotopic (exact) mass is 282 g/mol. The van der Waals surface area contributed by atoms with E-state index in [0.29, 0.717) is 27.0 Å². The third kappa shape index (κ3) is 3.93. The van der Waals surface area contributed by atoms with Gasteiger partial charge >= 0.3 is 105 Å². The Kier molecular flexibility index (Phi) is 6.80. The van der Waals surface area contributed by atoms with Gasteiger partial charge in [-0.1, -0.05) is 0 Å². The van der Waals surface area contributed by atoms with Gasteiger partial charge in [-0.3, -0.25) is 0 Å². The van der Waals surface area contributed by atoms with E-state index in [0.717, 1.165) is 0 Å². The molecule has 92 valence electrons. The van der Waals surface area contributed by atoms with E-state index in [-0.39, 0.29) is 11.0 Å². The molecular formula is C12H9BCl2O3. The van der Waals surface area contributed by atoms with Gasteiger partial charge in [0, 0.05) is 0 Å². The third-order valence-corrected chi connectivity index (χ3v) is 2.56. The van der Waals surface area contributed by atoms with Gasteiger partial charge in [-0.25, -0.2) is 0 Å². The molecule has 0 amide bonds. The Morgan fingerprint density at radius 2 is 1.56 bits per heavy atom. The van der Waals surface area contributed by atoms with Crippen LogP contribution in [0.4, 0.5) is 0 Å². The largest absolute Gasteiger partial charge is 0.870 e. The van der Waals surface area contributed by atoms with E-state index >= 15 is 0 Å². The third-order valence-electron chi connectivity index (χ3n) is 2.03. The fourth-order valence-corrected chi connectivity index (χ4v) is 1.70. The average Bonchev–Trinajstić information content (AvgIpc) is 2.25. The van der Waals surface area contributed by atoms with Crippen molar-refractivity contribution < 1.29 is 15.7 Å². The predicted molar refractivity (Wildman–Crippen MR) is 72.2 cm³/mol. The van der Waals surface area contributed by atoms with Crippen LogP contribution >= 0.6 is 23.2 Å². The van der Waals surface area contributed by atoms with Crippen LogP contribution in [0.2, 0.25) is 10.0 Å². The quantitative estimate of drug-likeness (QED) is 0.794. The smallest absolute Gasteiger partial charge is 0.870 e. The van der Waals surface area contributed by atoms with Crippen LogP contribution in [-0.2, 0) is 0 Å². The Labute approximate surface area is 116 Å². The molecule has 2 aromatic carbocycles. The maximum atomic E-state index is 5.98. The van der Waals surface area contributed by atoms with Gasteiger partial charge in [-0.05, 0) is 0 Å². The molecule has 0 unspecified atom stereocenters. The van der Waals surface area contributed by atoms with Crippen molar-refractivity contribution >= 4 is 36.5 Å². The number of para-hydroxylation sites is 1. The molecule has 0 aliphatic carbocycles. The van der Waals surface area contributed by atoms with Crippen molar-refractivity contribution in [3.63, 3.8) is 0 Å². The summed E-state index contributed by atoms with van der Waals surface area (Å²) in [5, 5.41) is 1.02. The molecule has 2 N–H and O–H groups in total. The van der Waals surface area contributed by atoms with Gasteiger partial charge < -0.3 is 11.0 Å². The molecular weight excluding hydrogens is 274 g/mol. The molecule has 0 saturated heterocycles. The maximum absolute atomic E-state index is 5.98. The standard InChI is InChI=1S/C12H7BCl2O.2H2O/c13-9-3-1-2-4-11(9)16-12-6-5-8(14)7-10(12)15;;/h1-7H;2*1H2/q+2;;/p-2. The fourth-order valence-electron chi connectivity index (χ4n) is 1.25. The Morgan fingerprint density at radius 3 is 2.17 bits per heavy atom. The summed E-state index contributed by atoms with van der Waals surface area (Å²) in [6.45, 7) is 0. The van der Waals surface area contributed by atoms with Crippen LogP contribution in [0.5, 0.6) is 11.5 Å². The van der Waals surface area contributed by atoms with Gasteiger partial charge in [0.25, 0.3) is 0 Å². The van der Waals surface area contributed by atoms with Crippen LogP contribution in [0.25, 0.3) is 0 Å². The van der Waals surface area contributed by atoms with E-state index in [4.69, 9.17) is 35.8 Å². The van der Waals surface area contributed by atoms with Gasteiger partial charge in [0.05, 0.1) is 0 Å². The fraction of sp³-hybridized carbons (Fsp3) is 0. The minimum atomic E-state index is 0. The van der Waals surface area contributed by atoms with Crippen molar-refractivity contribution in [1.29, 1.82) is 0 Å². The SMILES string of the molecule is [B+2]c1ccccc1Oc1ccc(Cl)cc1Cl.[OH-].[OH-]. The first-order valence-electron chi connectivity index (χ1n) is 4.64. The molecule has 0 fully saturated rings. The number of benzene rings is 2. The van der Waals surface area contributed by atoms with E-state index in [9.17, 15) is 0 Å². The molecule has 0 radical (unpaired) electrons. The summed E-state index contributed by atoms with van der Waals surface area (Å²) in [7, 11) is 5.75. The maximum Gasteiger partial charge on any atom is -0.870 e. The first kappa shape index (κ1) is 16.8. The minimum absolute atomic E-state index is 0. The van der Waals surface area contributed by atoms with Gasteiger partial charge in [-0.15, -0.1) is 0 Å². The van der Waals surface area contributed by atoms with E-state index in [1.165, 1.54) is 0 Å². The summed E-state index contributed by atoms with van der Waals surface area (Å²) in [6.07, 6.45) is 0. The molecule has 0 spiro atoms. The van der Waals surface area contributed by atoms with Crippen molar-refractivity contribution in [1.82, 2.24) is 0 Å². The van der Waals surface area contributed by atoms with Crippen molar-refractivity contribution in [3.05, 3.63) is 52.5 Å². The first-order chi connectivity index (χ1) is 7.66. The van der Waals surface area contributed by atoms with Crippen molar-refractivity contribution in [2.24, 2.45) is 0 Å². The molecule has 0 aliphatic heterocycles. The molecule has 18 heavy (non-hydrogen) atoms. The molecule has 0 aromatic heterocycles. The van der Waals surface area contributed by atoms with E-state index < -0.39 is 0 Å². The molecule has 2 aromatic rings. The summed E-state index contributed by atoms with van der Waals surface area (Å²) in [4.78, 5) is 0. The zero-order chi connectivity index (χ0) is 11.5. The van der Waals surface area contributed by atoms with Crippen LogP contribution in [0.3, 0.4) is 0 Å². The first-order valence-corrected chi connectivity index (χ1v) is 5.40. The second-order valence-electron chi connectivity index (χ2n) is 3.21. The molecule has 2 rings (SSSR count). The number of hydrogen-bond donors (Lipinski definition) is 0. The van der Waals surface area contributed by atoms with E-state index in [1.807, 2.05) is 12.1 Å². The van der Waals surface area contributed by atoms with Crippen LogP contribution < -0.4 is 10.2 Å². The summed E-state index contributed by atoms with van der Waals surface area (Å²) in [5.41, 5.74) is 0.563. The topological polar surface area (TPSA) is 69.2 Å². The average molecular weight is 283 g/mol. The molecule has 0 heterocycles. The van der Waals surface area contributed by atoms with Crippen molar-refractivity contribution in [3.8, 4) is 11.5 Å². The Balaban J connectivity index is 0.00000144. The zero-order valence-electron chi connectivity index (χ0n) is 9.18. The Hall–Kier alpha value is -1.20. The number of rotatable bonds is 2. The van der Waals surface area contributed by atoms with E-state index in [1.54, 1.807) is 30.3 Å². The number of ether oxygens (including phenoxy) is 1. The molecule has 3 nitrogen and oxygen atoms in total. The summed E-state index contributed by atoms with van der Waals surface area (Å²) in [5.74, 6) is 1.11. The van der Waals surface area contributed by atoms with Crippen LogP contribution in [0.15, 0.2) is 42.5 Å². The van der Waals surface area contributed by atoms with Crippen LogP contribution in [0, 0.1) is 0 Å². The molecule has 0 bridgehead atoms. The summed E-state index contributed by atoms with van der Waals surface area (Å²) < 4.78 is 5.58. The summed E-state index contributed by atoms with van der Waals surface area (Å²) in [6, 6.07) is 12.3. The summed E-state index contributed by atoms with van der Waals surface area (Å²) >= 11 is 11.8. The molecule has 6 heteroatoms. The van der Waals surface area contributed by atoms with Crippen LogP contribution in [-0.4, -0.2) is 18.8 Å². The van der Waals surface area contributed by atoms with Crippen molar-refractivity contribution in [2.45, 2.75) is 0 Å². The minimum Gasteiger partial charge on any atom is -0.870 e. The van der Waals surface area contributed by atoms with E-state index in [2.05, 4.69) is 0 Å². The predicted octanol–water partition coefficient (Wildman–Crippen LogP) is 3.23. The Morgan fingerprint density at radius 1 is 0.889 bits per heavy atom. The number of halogens is 2. The molecule has 0 atom stereocenters.